The Morgan fingerprint density at radius 1 is 1.44 bits per heavy atom. The minimum absolute atomic E-state index is 0.150. The molecule has 0 unspecified atom stereocenters. The number of ether oxygens (including phenoxy) is 1. The zero-order chi connectivity index (χ0) is 12.2. The number of aldehydes is 1. The van der Waals surface area contributed by atoms with E-state index in [1.54, 1.807) is 6.07 Å². The summed E-state index contributed by atoms with van der Waals surface area (Å²) >= 11 is 0. The maximum Gasteiger partial charge on any atom is 0.573 e. The summed E-state index contributed by atoms with van der Waals surface area (Å²) in [5, 5.41) is 8.43. The molecule has 1 aromatic carbocycles. The highest BCUT2D eigenvalue weighted by molar-refractivity contribution is 5.77. The van der Waals surface area contributed by atoms with Gasteiger partial charge in [-0.1, -0.05) is 0 Å². The summed E-state index contributed by atoms with van der Waals surface area (Å²) < 4.78 is 39.3. The van der Waals surface area contributed by atoms with E-state index < -0.39 is 12.1 Å². The minimum Gasteiger partial charge on any atom is -0.406 e. The molecule has 0 bridgehead atoms. The predicted molar refractivity (Wildman–Crippen MR) is 47.8 cm³/mol. The van der Waals surface area contributed by atoms with Crippen molar-refractivity contribution in [2.75, 3.05) is 0 Å². The monoisotopic (exact) mass is 229 g/mol. The van der Waals surface area contributed by atoms with Gasteiger partial charge in [0, 0.05) is 5.56 Å². The van der Waals surface area contributed by atoms with Crippen molar-refractivity contribution in [2.24, 2.45) is 0 Å². The van der Waals surface area contributed by atoms with Crippen molar-refractivity contribution in [3.63, 3.8) is 0 Å². The highest BCUT2D eigenvalue weighted by Crippen LogP contribution is 2.24. The van der Waals surface area contributed by atoms with E-state index in [1.807, 2.05) is 0 Å². The second-order valence-corrected chi connectivity index (χ2v) is 2.86. The molecule has 0 aliphatic rings. The van der Waals surface area contributed by atoms with Crippen LogP contribution in [0.1, 0.15) is 15.9 Å². The molecule has 1 rings (SSSR count). The fourth-order valence-electron chi connectivity index (χ4n) is 1.13. The molecule has 0 aromatic heterocycles. The molecule has 0 heterocycles. The van der Waals surface area contributed by atoms with Gasteiger partial charge in [0.2, 0.25) is 0 Å². The summed E-state index contributed by atoms with van der Waals surface area (Å²) in [7, 11) is 0. The van der Waals surface area contributed by atoms with E-state index in [4.69, 9.17) is 5.26 Å². The zero-order valence-electron chi connectivity index (χ0n) is 7.91. The summed E-state index contributed by atoms with van der Waals surface area (Å²) in [6, 6.07) is 4.99. The molecule has 84 valence electrons. The molecule has 0 radical (unpaired) electrons. The third-order valence-electron chi connectivity index (χ3n) is 1.74. The third kappa shape index (κ3) is 3.28. The van der Waals surface area contributed by atoms with Gasteiger partial charge in [-0.3, -0.25) is 4.79 Å². The van der Waals surface area contributed by atoms with Crippen LogP contribution >= 0.6 is 0 Å². The standard InChI is InChI=1S/C10H6F3NO2/c11-10(12,13)16-9-2-1-8(6-15)7(5-9)3-4-14/h1-2,5-6H,3H2. The van der Waals surface area contributed by atoms with Gasteiger partial charge < -0.3 is 4.74 Å². The van der Waals surface area contributed by atoms with Crippen LogP contribution in [0.25, 0.3) is 0 Å². The Morgan fingerprint density at radius 3 is 2.62 bits per heavy atom. The largest absolute Gasteiger partial charge is 0.573 e. The normalized spacial score (nSPS) is 10.6. The number of nitriles is 1. The van der Waals surface area contributed by atoms with E-state index in [2.05, 4.69) is 4.74 Å². The van der Waals surface area contributed by atoms with Crippen molar-refractivity contribution in [3.05, 3.63) is 29.3 Å². The number of carbonyl (C=O) groups is 1. The van der Waals surface area contributed by atoms with E-state index in [-0.39, 0.29) is 17.5 Å². The van der Waals surface area contributed by atoms with Gasteiger partial charge in [-0.2, -0.15) is 5.26 Å². The van der Waals surface area contributed by atoms with E-state index in [9.17, 15) is 18.0 Å². The average Bonchev–Trinajstić information content (AvgIpc) is 2.16. The molecular weight excluding hydrogens is 223 g/mol. The van der Waals surface area contributed by atoms with Crippen molar-refractivity contribution in [1.82, 2.24) is 0 Å². The van der Waals surface area contributed by atoms with Gasteiger partial charge in [0.25, 0.3) is 0 Å². The summed E-state index contributed by atoms with van der Waals surface area (Å²) in [5.74, 6) is -0.441. The van der Waals surface area contributed by atoms with Gasteiger partial charge in [0.15, 0.2) is 0 Å². The molecule has 0 amide bonds. The number of hydrogen-bond acceptors (Lipinski definition) is 3. The molecule has 1 aromatic rings. The molecule has 0 saturated heterocycles. The van der Waals surface area contributed by atoms with E-state index >= 15 is 0 Å². The van der Waals surface area contributed by atoms with E-state index in [1.165, 1.54) is 6.07 Å². The quantitative estimate of drug-likeness (QED) is 0.748. The van der Waals surface area contributed by atoms with Crippen molar-refractivity contribution >= 4 is 6.29 Å². The molecule has 16 heavy (non-hydrogen) atoms. The number of alkyl halides is 3. The molecule has 0 saturated carbocycles. The lowest BCUT2D eigenvalue weighted by Crippen LogP contribution is -2.17. The first kappa shape index (κ1) is 12.0. The van der Waals surface area contributed by atoms with Gasteiger partial charge in [-0.15, -0.1) is 13.2 Å². The Kier molecular flexibility index (Phi) is 3.51. The van der Waals surface area contributed by atoms with Crippen LogP contribution in [-0.2, 0) is 6.42 Å². The molecule has 3 nitrogen and oxygen atoms in total. The molecule has 0 atom stereocenters. The molecule has 0 N–H and O–H groups in total. The first-order valence-corrected chi connectivity index (χ1v) is 4.17. The summed E-state index contributed by atoms with van der Waals surface area (Å²) in [6.45, 7) is 0. The number of rotatable bonds is 3. The smallest absolute Gasteiger partial charge is 0.406 e. The highest BCUT2D eigenvalue weighted by atomic mass is 19.4. The second-order valence-electron chi connectivity index (χ2n) is 2.86. The van der Waals surface area contributed by atoms with Crippen molar-refractivity contribution in [1.29, 1.82) is 5.26 Å². The fourth-order valence-corrected chi connectivity index (χ4v) is 1.13. The molecule has 0 aliphatic heterocycles. The van der Waals surface area contributed by atoms with Gasteiger partial charge >= 0.3 is 6.36 Å². The number of carbonyl (C=O) groups excluding carboxylic acids is 1. The first-order chi connectivity index (χ1) is 7.46. The Bertz CT molecular complexity index is 435. The number of nitrogens with zero attached hydrogens (tertiary/aromatic N) is 1. The Balaban J connectivity index is 3.03. The molecule has 0 aliphatic carbocycles. The zero-order valence-corrected chi connectivity index (χ0v) is 7.91. The maximum atomic E-state index is 11.9. The number of halogens is 3. The number of hydrogen-bond donors (Lipinski definition) is 0. The van der Waals surface area contributed by atoms with E-state index in [0.29, 0.717) is 6.29 Å². The molecular formula is C10H6F3NO2. The van der Waals surface area contributed by atoms with Crippen LogP contribution in [0.2, 0.25) is 0 Å². The summed E-state index contributed by atoms with van der Waals surface area (Å²) in [4.78, 5) is 10.5. The lowest BCUT2D eigenvalue weighted by atomic mass is 10.1. The molecule has 6 heteroatoms. The Labute approximate surface area is 89.1 Å². The molecule has 0 fully saturated rings. The lowest BCUT2D eigenvalue weighted by molar-refractivity contribution is -0.274. The third-order valence-corrected chi connectivity index (χ3v) is 1.74. The van der Waals surface area contributed by atoms with Crippen molar-refractivity contribution in [3.8, 4) is 11.8 Å². The average molecular weight is 229 g/mol. The van der Waals surface area contributed by atoms with Crippen molar-refractivity contribution < 1.29 is 22.7 Å². The minimum atomic E-state index is -4.79. The SMILES string of the molecule is N#CCc1cc(OC(F)(F)F)ccc1C=O. The Morgan fingerprint density at radius 2 is 2.12 bits per heavy atom. The summed E-state index contributed by atoms with van der Waals surface area (Å²) in [6.07, 6.45) is -4.46. The van der Waals surface area contributed by atoms with Crippen LogP contribution in [0.5, 0.6) is 5.75 Å². The van der Waals surface area contributed by atoms with Crippen LogP contribution in [0.4, 0.5) is 13.2 Å². The van der Waals surface area contributed by atoms with Gasteiger partial charge in [-0.25, -0.2) is 0 Å². The van der Waals surface area contributed by atoms with Gasteiger partial charge in [0.05, 0.1) is 12.5 Å². The number of benzene rings is 1. The van der Waals surface area contributed by atoms with Gasteiger partial charge in [-0.05, 0) is 23.8 Å². The predicted octanol–water partition coefficient (Wildman–Crippen LogP) is 2.46. The van der Waals surface area contributed by atoms with Crippen molar-refractivity contribution in [2.45, 2.75) is 12.8 Å². The van der Waals surface area contributed by atoms with Crippen LogP contribution in [0.3, 0.4) is 0 Å². The first-order valence-electron chi connectivity index (χ1n) is 4.17. The van der Waals surface area contributed by atoms with Crippen LogP contribution < -0.4 is 4.74 Å². The van der Waals surface area contributed by atoms with E-state index in [0.717, 1.165) is 12.1 Å². The van der Waals surface area contributed by atoms with Crippen LogP contribution in [0, 0.1) is 11.3 Å². The maximum absolute atomic E-state index is 11.9. The topological polar surface area (TPSA) is 50.1 Å². The fraction of sp³-hybridized carbons (Fsp3) is 0.200. The van der Waals surface area contributed by atoms with Crippen LogP contribution in [0.15, 0.2) is 18.2 Å². The molecule has 0 spiro atoms. The van der Waals surface area contributed by atoms with Gasteiger partial charge in [0.1, 0.15) is 12.0 Å². The van der Waals surface area contributed by atoms with Crippen LogP contribution in [-0.4, -0.2) is 12.6 Å². The summed E-state index contributed by atoms with van der Waals surface area (Å²) in [5.41, 5.74) is 0.385. The Hall–Kier alpha value is -2.03. The lowest BCUT2D eigenvalue weighted by Gasteiger charge is -2.10. The second kappa shape index (κ2) is 4.66. The highest BCUT2D eigenvalue weighted by Gasteiger charge is 2.31.